The van der Waals surface area contributed by atoms with E-state index < -0.39 is 0 Å². The first-order valence-corrected chi connectivity index (χ1v) is 6.29. The van der Waals surface area contributed by atoms with Gasteiger partial charge >= 0.3 is 0 Å². The molecule has 1 aromatic heterocycles. The van der Waals surface area contributed by atoms with Crippen LogP contribution < -0.4 is 0 Å². The lowest BCUT2D eigenvalue weighted by Gasteiger charge is -2.21. The summed E-state index contributed by atoms with van der Waals surface area (Å²) in [6, 6.07) is 0. The van der Waals surface area contributed by atoms with E-state index in [2.05, 4.69) is 5.10 Å². The average Bonchev–Trinajstić information content (AvgIpc) is 2.57. The highest BCUT2D eigenvalue weighted by molar-refractivity contribution is 6.30. The third-order valence-corrected chi connectivity index (χ3v) is 3.63. The minimum absolute atomic E-state index is 0.114. The van der Waals surface area contributed by atoms with Gasteiger partial charge in [-0.3, -0.25) is 9.48 Å². The quantitative estimate of drug-likeness (QED) is 0.832. The zero-order chi connectivity index (χ0) is 12.4. The Morgan fingerprint density at radius 3 is 2.88 bits per heavy atom. The molecule has 1 saturated heterocycles. The van der Waals surface area contributed by atoms with Gasteiger partial charge < -0.3 is 4.74 Å². The average molecular weight is 257 g/mol. The molecule has 4 nitrogen and oxygen atoms in total. The normalized spacial score (nSPS) is 20.5. The Kier molecular flexibility index (Phi) is 3.84. The Labute approximate surface area is 106 Å². The number of hydrogen-bond donors (Lipinski definition) is 0. The molecule has 17 heavy (non-hydrogen) atoms. The van der Waals surface area contributed by atoms with Gasteiger partial charge in [-0.05, 0) is 26.2 Å². The zero-order valence-corrected chi connectivity index (χ0v) is 11.0. The molecule has 1 fully saturated rings. The second-order valence-corrected chi connectivity index (χ2v) is 4.83. The first kappa shape index (κ1) is 12.6. The Hall–Kier alpha value is -0.870. The molecule has 0 N–H and O–H groups in total. The van der Waals surface area contributed by atoms with Crippen LogP contribution in [0.2, 0.25) is 5.15 Å². The SMILES string of the molecule is Cc1nn(C)c(Cl)c1CC(=O)C1CCCCO1. The molecule has 0 bridgehead atoms. The van der Waals surface area contributed by atoms with Gasteiger partial charge in [0, 0.05) is 25.6 Å². The molecule has 1 unspecified atom stereocenters. The number of hydrogen-bond acceptors (Lipinski definition) is 3. The molecular formula is C12H17ClN2O2. The Bertz CT molecular complexity index is 422. The fourth-order valence-corrected chi connectivity index (χ4v) is 2.40. The Morgan fingerprint density at radius 2 is 2.35 bits per heavy atom. The molecule has 94 valence electrons. The van der Waals surface area contributed by atoms with Gasteiger partial charge in [0.2, 0.25) is 0 Å². The second kappa shape index (κ2) is 5.19. The van der Waals surface area contributed by atoms with Crippen LogP contribution in [0.4, 0.5) is 0 Å². The number of Topliss-reactive ketones (excluding diaryl/α,β-unsaturated/α-hetero) is 1. The monoisotopic (exact) mass is 256 g/mol. The first-order chi connectivity index (χ1) is 8.09. The van der Waals surface area contributed by atoms with Crippen molar-refractivity contribution in [1.29, 1.82) is 0 Å². The number of rotatable bonds is 3. The molecule has 0 aliphatic carbocycles. The van der Waals surface area contributed by atoms with E-state index in [-0.39, 0.29) is 11.9 Å². The molecule has 0 saturated carbocycles. The number of ketones is 1. The minimum Gasteiger partial charge on any atom is -0.370 e. The highest BCUT2D eigenvalue weighted by atomic mass is 35.5. The van der Waals surface area contributed by atoms with Gasteiger partial charge in [0.25, 0.3) is 0 Å². The van der Waals surface area contributed by atoms with Crippen LogP contribution in [-0.2, 0) is 23.0 Å². The van der Waals surface area contributed by atoms with E-state index >= 15 is 0 Å². The molecule has 0 aromatic carbocycles. The van der Waals surface area contributed by atoms with Gasteiger partial charge in [-0.15, -0.1) is 0 Å². The van der Waals surface area contributed by atoms with Crippen molar-refractivity contribution >= 4 is 17.4 Å². The summed E-state index contributed by atoms with van der Waals surface area (Å²) in [6.45, 7) is 2.56. The van der Waals surface area contributed by atoms with Crippen LogP contribution in [-0.4, -0.2) is 28.3 Å². The maximum atomic E-state index is 12.1. The maximum absolute atomic E-state index is 12.1. The van der Waals surface area contributed by atoms with Gasteiger partial charge in [0.1, 0.15) is 11.3 Å². The number of aromatic nitrogens is 2. The number of nitrogens with zero attached hydrogens (tertiary/aromatic N) is 2. The summed E-state index contributed by atoms with van der Waals surface area (Å²) in [6.07, 6.45) is 3.02. The molecular weight excluding hydrogens is 240 g/mol. The van der Waals surface area contributed by atoms with Crippen LogP contribution in [0.15, 0.2) is 0 Å². The van der Waals surface area contributed by atoms with Crippen molar-refractivity contribution in [2.45, 2.75) is 38.7 Å². The van der Waals surface area contributed by atoms with Crippen molar-refractivity contribution in [2.75, 3.05) is 6.61 Å². The van der Waals surface area contributed by atoms with Crippen molar-refractivity contribution in [2.24, 2.45) is 7.05 Å². The molecule has 1 aromatic rings. The minimum atomic E-state index is -0.251. The summed E-state index contributed by atoms with van der Waals surface area (Å²) >= 11 is 6.10. The number of carbonyl (C=O) groups excluding carboxylic acids is 1. The van der Waals surface area contributed by atoms with Gasteiger partial charge in [0.05, 0.1) is 5.69 Å². The molecule has 1 atom stereocenters. The van der Waals surface area contributed by atoms with E-state index in [1.807, 2.05) is 6.92 Å². The molecule has 2 rings (SSSR count). The molecule has 5 heteroatoms. The van der Waals surface area contributed by atoms with E-state index in [1.165, 1.54) is 0 Å². The van der Waals surface area contributed by atoms with Gasteiger partial charge in [-0.25, -0.2) is 0 Å². The van der Waals surface area contributed by atoms with Crippen molar-refractivity contribution in [3.63, 3.8) is 0 Å². The van der Waals surface area contributed by atoms with E-state index in [1.54, 1.807) is 11.7 Å². The lowest BCUT2D eigenvalue weighted by atomic mass is 10.0. The summed E-state index contributed by atoms with van der Waals surface area (Å²) in [4.78, 5) is 12.1. The van der Waals surface area contributed by atoms with E-state index in [0.717, 1.165) is 30.5 Å². The van der Waals surface area contributed by atoms with Gasteiger partial charge in [-0.1, -0.05) is 11.6 Å². The third-order valence-electron chi connectivity index (χ3n) is 3.16. The Morgan fingerprint density at radius 1 is 1.59 bits per heavy atom. The first-order valence-electron chi connectivity index (χ1n) is 5.92. The number of carbonyl (C=O) groups is 1. The fraction of sp³-hybridized carbons (Fsp3) is 0.667. The van der Waals surface area contributed by atoms with Gasteiger partial charge in [-0.2, -0.15) is 5.10 Å². The van der Waals surface area contributed by atoms with Crippen molar-refractivity contribution in [1.82, 2.24) is 9.78 Å². The predicted octanol–water partition coefficient (Wildman–Crippen LogP) is 2.06. The smallest absolute Gasteiger partial charge is 0.166 e. The van der Waals surface area contributed by atoms with Crippen LogP contribution >= 0.6 is 11.6 Å². The van der Waals surface area contributed by atoms with E-state index in [4.69, 9.17) is 16.3 Å². The van der Waals surface area contributed by atoms with Crippen LogP contribution in [0.3, 0.4) is 0 Å². The zero-order valence-electron chi connectivity index (χ0n) is 10.2. The number of halogens is 1. The van der Waals surface area contributed by atoms with Crippen LogP contribution in [0.5, 0.6) is 0 Å². The molecule has 0 spiro atoms. The molecule has 1 aliphatic heterocycles. The standard InChI is InChI=1S/C12H17ClN2O2/c1-8-9(12(13)15(2)14-8)7-10(16)11-5-3-4-6-17-11/h11H,3-7H2,1-2H3. The van der Waals surface area contributed by atoms with Crippen molar-refractivity contribution < 1.29 is 9.53 Å². The fourth-order valence-electron chi connectivity index (χ4n) is 2.16. The summed E-state index contributed by atoms with van der Waals surface area (Å²) < 4.78 is 7.08. The lowest BCUT2D eigenvalue weighted by Crippen LogP contribution is -2.29. The topological polar surface area (TPSA) is 44.1 Å². The molecule has 2 heterocycles. The largest absolute Gasteiger partial charge is 0.370 e. The summed E-state index contributed by atoms with van der Waals surface area (Å²) in [5.74, 6) is 0.114. The molecule has 1 aliphatic rings. The number of ether oxygens (including phenoxy) is 1. The molecule has 0 amide bonds. The third kappa shape index (κ3) is 2.69. The number of aryl methyl sites for hydroxylation is 2. The highest BCUT2D eigenvalue weighted by Gasteiger charge is 2.24. The van der Waals surface area contributed by atoms with Crippen LogP contribution in [0, 0.1) is 6.92 Å². The van der Waals surface area contributed by atoms with Gasteiger partial charge in [0.15, 0.2) is 5.78 Å². The van der Waals surface area contributed by atoms with E-state index in [9.17, 15) is 4.79 Å². The molecule has 0 radical (unpaired) electrons. The maximum Gasteiger partial charge on any atom is 0.166 e. The summed E-state index contributed by atoms with van der Waals surface area (Å²) in [5, 5.41) is 4.75. The predicted molar refractivity (Wildman–Crippen MR) is 65.3 cm³/mol. The van der Waals surface area contributed by atoms with Crippen molar-refractivity contribution in [3.8, 4) is 0 Å². The second-order valence-electron chi connectivity index (χ2n) is 4.48. The summed E-state index contributed by atoms with van der Waals surface area (Å²) in [7, 11) is 1.78. The highest BCUT2D eigenvalue weighted by Crippen LogP contribution is 2.22. The van der Waals surface area contributed by atoms with Crippen LogP contribution in [0.1, 0.15) is 30.5 Å². The lowest BCUT2D eigenvalue weighted by molar-refractivity contribution is -0.132. The summed E-state index contributed by atoms with van der Waals surface area (Å²) in [5.41, 5.74) is 1.65. The van der Waals surface area contributed by atoms with Crippen LogP contribution in [0.25, 0.3) is 0 Å². The Balaban J connectivity index is 2.07. The van der Waals surface area contributed by atoms with Crippen molar-refractivity contribution in [3.05, 3.63) is 16.4 Å². The van der Waals surface area contributed by atoms with E-state index in [0.29, 0.717) is 18.2 Å².